The van der Waals surface area contributed by atoms with E-state index in [1.165, 1.54) is 18.6 Å². The molecule has 0 radical (unpaired) electrons. The van der Waals surface area contributed by atoms with Crippen molar-refractivity contribution in [3.05, 3.63) is 88.2 Å². The Morgan fingerprint density at radius 1 is 1.03 bits per heavy atom. The second-order valence-corrected chi connectivity index (χ2v) is 8.51. The first kappa shape index (κ1) is 23.8. The van der Waals surface area contributed by atoms with Gasteiger partial charge in [0.2, 0.25) is 0 Å². The number of benzene rings is 3. The molecule has 5 nitrogen and oxygen atoms in total. The highest BCUT2D eigenvalue weighted by Crippen LogP contribution is 2.29. The Labute approximate surface area is 203 Å². The van der Waals surface area contributed by atoms with Gasteiger partial charge in [-0.05, 0) is 78.9 Å². The molecule has 1 aliphatic heterocycles. The van der Waals surface area contributed by atoms with Gasteiger partial charge >= 0.3 is 0 Å². The lowest BCUT2D eigenvalue weighted by Crippen LogP contribution is -2.35. The molecule has 34 heavy (non-hydrogen) atoms. The number of ether oxygens (including phenoxy) is 2. The van der Waals surface area contributed by atoms with Crippen LogP contribution in [0.25, 0.3) is 0 Å². The van der Waals surface area contributed by atoms with Gasteiger partial charge < -0.3 is 14.4 Å². The summed E-state index contributed by atoms with van der Waals surface area (Å²) in [5, 5.41) is 0.0277. The number of likely N-dealkylation sites (tertiary alicyclic amines) is 1. The molecule has 1 aliphatic rings. The molecule has 4 rings (SSSR count). The Bertz CT molecular complexity index is 1170. The van der Waals surface area contributed by atoms with Crippen molar-refractivity contribution in [1.29, 1.82) is 0 Å². The average molecular weight is 481 g/mol. The predicted octanol–water partition coefficient (Wildman–Crippen LogP) is 6.44. The van der Waals surface area contributed by atoms with Crippen molar-refractivity contribution in [2.45, 2.75) is 25.9 Å². The number of amides is 1. The number of aliphatic imine (C=N–C) groups is 1. The molecule has 176 valence electrons. The van der Waals surface area contributed by atoms with Crippen LogP contribution in [0.5, 0.6) is 11.5 Å². The summed E-state index contributed by atoms with van der Waals surface area (Å²) in [7, 11) is 1.57. The maximum atomic E-state index is 13.3. The van der Waals surface area contributed by atoms with E-state index < -0.39 is 5.82 Å². The minimum absolute atomic E-state index is 0.0277. The lowest BCUT2D eigenvalue weighted by molar-refractivity contribution is 0.0724. The molecular formula is C27H26ClFN2O3. The third-order valence-corrected chi connectivity index (χ3v) is 5.98. The molecule has 1 heterocycles. The van der Waals surface area contributed by atoms with Crippen molar-refractivity contribution in [2.24, 2.45) is 4.99 Å². The fourth-order valence-electron chi connectivity index (χ4n) is 3.78. The number of nitrogens with zero attached hydrogens (tertiary/aromatic N) is 2. The van der Waals surface area contributed by atoms with E-state index in [1.807, 2.05) is 47.4 Å². The SMILES string of the molecule is COc1cc(C=Nc2ccc(F)c(Cl)c2)ccc1OCc1ccc(C(=O)N2CCCCC2)cc1. The molecule has 0 unspecified atom stereocenters. The van der Waals surface area contributed by atoms with Gasteiger partial charge in [0, 0.05) is 24.9 Å². The van der Waals surface area contributed by atoms with Crippen LogP contribution < -0.4 is 9.47 Å². The first-order chi connectivity index (χ1) is 16.5. The molecule has 0 spiro atoms. The van der Waals surface area contributed by atoms with E-state index in [0.717, 1.165) is 37.1 Å². The van der Waals surface area contributed by atoms with Gasteiger partial charge in [-0.2, -0.15) is 0 Å². The highest BCUT2D eigenvalue weighted by atomic mass is 35.5. The van der Waals surface area contributed by atoms with E-state index in [4.69, 9.17) is 21.1 Å². The maximum Gasteiger partial charge on any atom is 0.253 e. The zero-order valence-electron chi connectivity index (χ0n) is 19.0. The van der Waals surface area contributed by atoms with Crippen LogP contribution in [0.3, 0.4) is 0 Å². The normalized spacial score (nSPS) is 13.8. The third-order valence-electron chi connectivity index (χ3n) is 5.69. The molecule has 7 heteroatoms. The van der Waals surface area contributed by atoms with Gasteiger partial charge in [0.15, 0.2) is 11.5 Å². The largest absolute Gasteiger partial charge is 0.493 e. The first-order valence-electron chi connectivity index (χ1n) is 11.2. The second-order valence-electron chi connectivity index (χ2n) is 8.11. The first-order valence-corrected chi connectivity index (χ1v) is 11.6. The van der Waals surface area contributed by atoms with Crippen LogP contribution in [0.15, 0.2) is 65.7 Å². The van der Waals surface area contributed by atoms with Crippen molar-refractivity contribution in [3.8, 4) is 11.5 Å². The van der Waals surface area contributed by atoms with Crippen LogP contribution in [-0.4, -0.2) is 37.2 Å². The highest BCUT2D eigenvalue weighted by molar-refractivity contribution is 6.31. The minimum Gasteiger partial charge on any atom is -0.493 e. The lowest BCUT2D eigenvalue weighted by Gasteiger charge is -2.26. The third kappa shape index (κ3) is 5.94. The van der Waals surface area contributed by atoms with Crippen molar-refractivity contribution in [2.75, 3.05) is 20.2 Å². The topological polar surface area (TPSA) is 51.1 Å². The van der Waals surface area contributed by atoms with E-state index in [1.54, 1.807) is 19.4 Å². The molecule has 0 bridgehead atoms. The van der Waals surface area contributed by atoms with Gasteiger partial charge in [-0.25, -0.2) is 4.39 Å². The summed E-state index contributed by atoms with van der Waals surface area (Å²) in [5.74, 6) is 0.775. The van der Waals surface area contributed by atoms with Gasteiger partial charge in [-0.15, -0.1) is 0 Å². The minimum atomic E-state index is -0.480. The van der Waals surface area contributed by atoms with E-state index in [2.05, 4.69) is 4.99 Å². The average Bonchev–Trinajstić information content (AvgIpc) is 2.88. The Morgan fingerprint density at radius 2 is 1.79 bits per heavy atom. The van der Waals surface area contributed by atoms with Crippen molar-refractivity contribution in [3.63, 3.8) is 0 Å². The van der Waals surface area contributed by atoms with E-state index in [-0.39, 0.29) is 10.9 Å². The van der Waals surface area contributed by atoms with Gasteiger partial charge in [-0.3, -0.25) is 9.79 Å². The van der Waals surface area contributed by atoms with Crippen LogP contribution in [-0.2, 0) is 6.61 Å². The number of rotatable bonds is 7. The van der Waals surface area contributed by atoms with Gasteiger partial charge in [0.1, 0.15) is 12.4 Å². The number of hydrogen-bond donors (Lipinski definition) is 0. The van der Waals surface area contributed by atoms with Crippen LogP contribution in [0, 0.1) is 5.82 Å². The van der Waals surface area contributed by atoms with E-state index in [9.17, 15) is 9.18 Å². The zero-order chi connectivity index (χ0) is 23.9. The number of hydrogen-bond acceptors (Lipinski definition) is 4. The monoisotopic (exact) mass is 480 g/mol. The molecule has 1 fully saturated rings. The number of carbonyl (C=O) groups is 1. The Kier molecular flexibility index (Phi) is 7.80. The molecule has 0 atom stereocenters. The van der Waals surface area contributed by atoms with Gasteiger partial charge in [-0.1, -0.05) is 23.7 Å². The zero-order valence-corrected chi connectivity index (χ0v) is 19.7. The van der Waals surface area contributed by atoms with Crippen LogP contribution in [0.4, 0.5) is 10.1 Å². The van der Waals surface area contributed by atoms with Crippen LogP contribution in [0.1, 0.15) is 40.7 Å². The smallest absolute Gasteiger partial charge is 0.253 e. The summed E-state index contributed by atoms with van der Waals surface area (Å²) >= 11 is 5.80. The lowest BCUT2D eigenvalue weighted by atomic mass is 10.1. The van der Waals surface area contributed by atoms with Crippen LogP contribution >= 0.6 is 11.6 Å². The number of halogens is 2. The number of piperidine rings is 1. The van der Waals surface area contributed by atoms with Crippen molar-refractivity contribution >= 4 is 29.4 Å². The van der Waals surface area contributed by atoms with Gasteiger partial charge in [0.05, 0.1) is 17.8 Å². The summed E-state index contributed by atoms with van der Waals surface area (Å²) in [4.78, 5) is 18.9. The molecule has 1 amide bonds. The molecule has 1 saturated heterocycles. The molecule has 0 aliphatic carbocycles. The Morgan fingerprint density at radius 3 is 2.50 bits per heavy atom. The van der Waals surface area contributed by atoms with E-state index in [0.29, 0.717) is 29.4 Å². The molecular weight excluding hydrogens is 455 g/mol. The molecule has 3 aromatic rings. The standard InChI is InChI=1S/C27H26ClFN2O3/c1-33-26-15-20(17-30-22-10-11-24(29)23(28)16-22)7-12-25(26)34-18-19-5-8-21(9-6-19)27(32)31-13-3-2-4-14-31/h5-12,15-17H,2-4,13-14,18H2,1H3. The molecule has 3 aromatic carbocycles. The maximum absolute atomic E-state index is 13.3. The van der Waals surface area contributed by atoms with Crippen LogP contribution in [0.2, 0.25) is 5.02 Å². The summed E-state index contributed by atoms with van der Waals surface area (Å²) in [6.07, 6.45) is 4.99. The van der Waals surface area contributed by atoms with Crippen molar-refractivity contribution in [1.82, 2.24) is 4.90 Å². The summed E-state index contributed by atoms with van der Waals surface area (Å²) in [6.45, 7) is 2.01. The number of carbonyl (C=O) groups excluding carboxylic acids is 1. The quantitative estimate of drug-likeness (QED) is 0.365. The molecule has 0 N–H and O–H groups in total. The Hall–Kier alpha value is -3.38. The fourth-order valence-corrected chi connectivity index (χ4v) is 3.96. The predicted molar refractivity (Wildman–Crippen MR) is 132 cm³/mol. The van der Waals surface area contributed by atoms with E-state index >= 15 is 0 Å². The Balaban J connectivity index is 1.38. The van der Waals surface area contributed by atoms with Crippen molar-refractivity contribution < 1.29 is 18.7 Å². The summed E-state index contributed by atoms with van der Waals surface area (Å²) in [5.41, 5.74) is 3.00. The summed E-state index contributed by atoms with van der Waals surface area (Å²) < 4.78 is 24.7. The molecule has 0 saturated carbocycles. The summed E-state index contributed by atoms with van der Waals surface area (Å²) in [6, 6.07) is 17.3. The second kappa shape index (κ2) is 11.2. The molecule has 0 aromatic heterocycles. The number of methoxy groups -OCH3 is 1. The fraction of sp³-hybridized carbons (Fsp3) is 0.259. The highest BCUT2D eigenvalue weighted by Gasteiger charge is 2.18. The van der Waals surface area contributed by atoms with Gasteiger partial charge in [0.25, 0.3) is 5.91 Å².